The molecule has 2 N–H and O–H groups in total. The molecule has 0 aliphatic carbocycles. The summed E-state index contributed by atoms with van der Waals surface area (Å²) in [5.74, 6) is -1.17. The molecule has 23 heavy (non-hydrogen) atoms. The van der Waals surface area contributed by atoms with E-state index >= 15 is 0 Å². The summed E-state index contributed by atoms with van der Waals surface area (Å²) in [4.78, 5) is 38.7. The summed E-state index contributed by atoms with van der Waals surface area (Å²) in [7, 11) is 0. The minimum Gasteiger partial charge on any atom is -0.478 e. The van der Waals surface area contributed by atoms with Crippen LogP contribution in [0.3, 0.4) is 0 Å². The van der Waals surface area contributed by atoms with E-state index in [9.17, 15) is 14.4 Å². The molecular weight excluding hydrogens is 314 g/mol. The van der Waals surface area contributed by atoms with Gasteiger partial charge in [0.05, 0.1) is 17.0 Å². The zero-order valence-corrected chi connectivity index (χ0v) is 13.9. The number of carboxylic acid groups (broad SMARTS) is 1. The number of aryl methyl sites for hydroxylation is 1. The highest BCUT2D eigenvalue weighted by Crippen LogP contribution is 2.25. The Kier molecular flexibility index (Phi) is 5.05. The number of nitrogens with one attached hydrogen (secondary N) is 1. The molecule has 1 aromatic carbocycles. The Morgan fingerprint density at radius 2 is 1.83 bits per heavy atom. The topological polar surface area (TPSA) is 87.2 Å². The molecule has 1 heterocycles. The Morgan fingerprint density at radius 3 is 2.39 bits per heavy atom. The minimum atomic E-state index is -1.02. The first-order valence-corrected chi connectivity index (χ1v) is 8.00. The Balaban J connectivity index is 2.20. The summed E-state index contributed by atoms with van der Waals surface area (Å²) < 4.78 is 0. The standard InChI is InChI=1S/C17H17NO4S/c1-9-15(11(3)19)10(2)18-16(9)13(20)8-23-14-7-5-4-6-12(14)17(21)22/h4-7,18H,8H2,1-3H3,(H,21,22). The Morgan fingerprint density at radius 1 is 1.17 bits per heavy atom. The zero-order valence-electron chi connectivity index (χ0n) is 13.1. The Labute approximate surface area is 138 Å². The highest BCUT2D eigenvalue weighted by Gasteiger charge is 2.20. The van der Waals surface area contributed by atoms with Crippen molar-refractivity contribution >= 4 is 29.3 Å². The second kappa shape index (κ2) is 6.83. The summed E-state index contributed by atoms with van der Waals surface area (Å²) in [5, 5.41) is 9.15. The van der Waals surface area contributed by atoms with Crippen LogP contribution in [0.2, 0.25) is 0 Å². The summed E-state index contributed by atoms with van der Waals surface area (Å²) in [6, 6.07) is 6.56. The van der Waals surface area contributed by atoms with Gasteiger partial charge in [0.1, 0.15) is 0 Å². The maximum Gasteiger partial charge on any atom is 0.336 e. The molecule has 0 radical (unpaired) electrons. The third-order valence-electron chi connectivity index (χ3n) is 3.54. The number of rotatable bonds is 6. The van der Waals surface area contributed by atoms with E-state index in [-0.39, 0.29) is 22.9 Å². The molecule has 0 fully saturated rings. The van der Waals surface area contributed by atoms with Gasteiger partial charge >= 0.3 is 5.97 Å². The highest BCUT2D eigenvalue weighted by molar-refractivity contribution is 8.00. The SMILES string of the molecule is CC(=O)c1c(C)[nH]c(C(=O)CSc2ccccc2C(=O)O)c1C. The molecule has 6 heteroatoms. The molecule has 0 amide bonds. The van der Waals surface area contributed by atoms with Gasteiger partial charge in [-0.2, -0.15) is 0 Å². The van der Waals surface area contributed by atoms with Crippen LogP contribution in [0.25, 0.3) is 0 Å². The first-order chi connectivity index (χ1) is 10.8. The van der Waals surface area contributed by atoms with Crippen molar-refractivity contribution in [1.29, 1.82) is 0 Å². The summed E-state index contributed by atoms with van der Waals surface area (Å²) in [5.41, 5.74) is 2.45. The molecule has 0 aliphatic heterocycles. The van der Waals surface area contributed by atoms with Gasteiger partial charge in [-0.1, -0.05) is 12.1 Å². The molecule has 5 nitrogen and oxygen atoms in total. The average molecular weight is 331 g/mol. The number of carboxylic acids is 1. The molecule has 0 atom stereocenters. The van der Waals surface area contributed by atoms with E-state index in [1.165, 1.54) is 24.8 Å². The lowest BCUT2D eigenvalue weighted by Gasteiger charge is -2.05. The number of hydrogen-bond acceptors (Lipinski definition) is 4. The van der Waals surface area contributed by atoms with Gasteiger partial charge in [-0.05, 0) is 38.5 Å². The molecule has 0 unspecified atom stereocenters. The van der Waals surface area contributed by atoms with Gasteiger partial charge < -0.3 is 10.1 Å². The molecular formula is C17H17NO4S. The van der Waals surface area contributed by atoms with Gasteiger partial charge in [0.2, 0.25) is 0 Å². The number of ketones is 2. The van der Waals surface area contributed by atoms with E-state index in [1.807, 2.05) is 0 Å². The highest BCUT2D eigenvalue weighted by atomic mass is 32.2. The van der Waals surface area contributed by atoms with Crippen LogP contribution in [-0.4, -0.2) is 33.4 Å². The van der Waals surface area contributed by atoms with Crippen molar-refractivity contribution in [2.24, 2.45) is 0 Å². The molecule has 120 valence electrons. The molecule has 1 aromatic heterocycles. The number of aromatic nitrogens is 1. The summed E-state index contributed by atoms with van der Waals surface area (Å²) in [6.45, 7) is 4.96. The monoisotopic (exact) mass is 331 g/mol. The fourth-order valence-electron chi connectivity index (χ4n) is 2.54. The van der Waals surface area contributed by atoms with Crippen molar-refractivity contribution in [2.45, 2.75) is 25.7 Å². The smallest absolute Gasteiger partial charge is 0.336 e. The van der Waals surface area contributed by atoms with E-state index in [2.05, 4.69) is 4.98 Å². The van der Waals surface area contributed by atoms with Crippen molar-refractivity contribution in [3.8, 4) is 0 Å². The lowest BCUT2D eigenvalue weighted by Crippen LogP contribution is -2.06. The van der Waals surface area contributed by atoms with Crippen LogP contribution in [0.5, 0.6) is 0 Å². The van der Waals surface area contributed by atoms with Gasteiger partial charge in [0.25, 0.3) is 0 Å². The third kappa shape index (κ3) is 3.53. The van der Waals surface area contributed by atoms with Crippen molar-refractivity contribution in [3.05, 3.63) is 52.3 Å². The van der Waals surface area contributed by atoms with E-state index in [0.29, 0.717) is 27.4 Å². The van der Waals surface area contributed by atoms with Gasteiger partial charge in [0, 0.05) is 16.2 Å². The number of hydrogen-bond donors (Lipinski definition) is 2. The summed E-state index contributed by atoms with van der Waals surface area (Å²) in [6.07, 6.45) is 0. The maximum atomic E-state index is 12.4. The second-order valence-corrected chi connectivity index (χ2v) is 6.21. The van der Waals surface area contributed by atoms with Crippen LogP contribution in [0.4, 0.5) is 0 Å². The van der Waals surface area contributed by atoms with Crippen molar-refractivity contribution < 1.29 is 19.5 Å². The van der Waals surface area contributed by atoms with Crippen LogP contribution >= 0.6 is 11.8 Å². The van der Waals surface area contributed by atoms with Gasteiger partial charge in [-0.25, -0.2) is 4.79 Å². The Bertz CT molecular complexity index is 792. The molecule has 0 saturated carbocycles. The lowest BCUT2D eigenvalue weighted by atomic mass is 10.1. The average Bonchev–Trinajstić information content (AvgIpc) is 2.80. The number of carbonyl (C=O) groups is 3. The molecule has 0 spiro atoms. The van der Waals surface area contributed by atoms with Crippen LogP contribution < -0.4 is 0 Å². The van der Waals surface area contributed by atoms with E-state index in [4.69, 9.17) is 5.11 Å². The predicted molar refractivity (Wildman–Crippen MR) is 88.7 cm³/mol. The summed E-state index contributed by atoms with van der Waals surface area (Å²) >= 11 is 1.18. The minimum absolute atomic E-state index is 0.0841. The number of aromatic amines is 1. The fourth-order valence-corrected chi connectivity index (χ4v) is 3.46. The predicted octanol–water partition coefficient (Wildman–Crippen LogP) is 3.51. The van der Waals surface area contributed by atoms with E-state index < -0.39 is 5.97 Å². The molecule has 0 saturated heterocycles. The van der Waals surface area contributed by atoms with Gasteiger partial charge in [0.15, 0.2) is 11.6 Å². The van der Waals surface area contributed by atoms with Crippen LogP contribution in [0.1, 0.15) is 49.4 Å². The van der Waals surface area contributed by atoms with Crippen molar-refractivity contribution in [2.75, 3.05) is 5.75 Å². The molecule has 2 aromatic rings. The second-order valence-electron chi connectivity index (χ2n) is 5.19. The van der Waals surface area contributed by atoms with Crippen LogP contribution in [0.15, 0.2) is 29.2 Å². The van der Waals surface area contributed by atoms with Crippen LogP contribution in [-0.2, 0) is 0 Å². The lowest BCUT2D eigenvalue weighted by molar-refractivity contribution is 0.0692. The number of H-pyrrole nitrogens is 1. The quantitative estimate of drug-likeness (QED) is 0.625. The number of thioether (sulfide) groups is 1. The number of benzene rings is 1. The zero-order chi connectivity index (χ0) is 17.1. The van der Waals surface area contributed by atoms with Gasteiger partial charge in [-0.3, -0.25) is 9.59 Å². The third-order valence-corrected chi connectivity index (χ3v) is 4.62. The molecule has 0 bridgehead atoms. The van der Waals surface area contributed by atoms with E-state index in [1.54, 1.807) is 32.0 Å². The Hall–Kier alpha value is -2.34. The first kappa shape index (κ1) is 17.0. The van der Waals surface area contributed by atoms with Gasteiger partial charge in [-0.15, -0.1) is 11.8 Å². The largest absolute Gasteiger partial charge is 0.478 e. The van der Waals surface area contributed by atoms with Crippen molar-refractivity contribution in [3.63, 3.8) is 0 Å². The normalized spacial score (nSPS) is 10.6. The molecule has 0 aliphatic rings. The van der Waals surface area contributed by atoms with Crippen molar-refractivity contribution in [1.82, 2.24) is 4.98 Å². The number of carbonyl (C=O) groups excluding carboxylic acids is 2. The number of aromatic carboxylic acids is 1. The molecule has 2 rings (SSSR count). The maximum absolute atomic E-state index is 12.4. The number of Topliss-reactive ketones (excluding diaryl/α,β-unsaturated/α-hetero) is 2. The van der Waals surface area contributed by atoms with Crippen LogP contribution in [0, 0.1) is 13.8 Å². The van der Waals surface area contributed by atoms with E-state index in [0.717, 1.165) is 0 Å². The first-order valence-electron chi connectivity index (χ1n) is 7.01. The fraction of sp³-hybridized carbons (Fsp3) is 0.235.